The molecule has 0 nitrogen and oxygen atoms in total. The largest absolute Gasteiger partial charge is 0.0776 e. The first kappa shape index (κ1) is 46.9. The van der Waals surface area contributed by atoms with Gasteiger partial charge in [0.15, 0.2) is 0 Å². The maximum Gasteiger partial charge on any atom is 0.0725 e. The van der Waals surface area contributed by atoms with E-state index in [2.05, 4.69) is 249 Å². The molecule has 8 aromatic carbocycles. The molecule has 2 aliphatic rings. The molecule has 0 N–H and O–H groups in total. The molecule has 0 saturated carbocycles. The minimum atomic E-state index is -0.387. The van der Waals surface area contributed by atoms with E-state index >= 15 is 0 Å². The standard InChI is InChI=1S/C70H70/c1-8-47(4)57(56-28-15-12-16-29-56)42-37-49(6)62(51(9-2)43-50(7)53-38-40-55(41-39-53)54-26-13-11-14-27-54)44-52(10-3)63-46-69-65(45-64(63)58-30-18-17-25-48(58)5)61-33-21-24-36-68(61)70(69)66-34-22-19-31-59(66)60-32-20-23-35-67(60)70/h11-36,38-41,43,45-46,49,51-52,62H,8-10,37,42,44H2,1-7H3/b50-43+,57-47?. The second kappa shape index (κ2) is 20.3. The summed E-state index contributed by atoms with van der Waals surface area (Å²) >= 11 is 0. The molecule has 4 atom stereocenters. The van der Waals surface area contributed by atoms with Gasteiger partial charge in [-0.15, -0.1) is 0 Å². The number of allylic oxidation sites excluding steroid dienone is 4. The molecular weight excluding hydrogens is 841 g/mol. The normalized spacial score (nSPS) is 15.3. The van der Waals surface area contributed by atoms with Crippen LogP contribution in [0, 0.1) is 24.7 Å². The van der Waals surface area contributed by atoms with Gasteiger partial charge in [0, 0.05) is 0 Å². The number of fused-ring (bicyclic) bond motifs is 10. The van der Waals surface area contributed by atoms with Crippen molar-refractivity contribution in [2.75, 3.05) is 0 Å². The minimum Gasteiger partial charge on any atom is -0.0776 e. The fraction of sp³-hybridized carbons (Fsp3) is 0.257. The van der Waals surface area contributed by atoms with Gasteiger partial charge in [0.2, 0.25) is 0 Å². The van der Waals surface area contributed by atoms with Crippen molar-refractivity contribution in [3.05, 3.63) is 250 Å². The smallest absolute Gasteiger partial charge is 0.0725 e. The molecule has 10 rings (SSSR count). The first-order valence-corrected chi connectivity index (χ1v) is 26.4. The third kappa shape index (κ3) is 8.44. The van der Waals surface area contributed by atoms with Crippen LogP contribution >= 0.6 is 0 Å². The topological polar surface area (TPSA) is 0 Å². The third-order valence-electron chi connectivity index (χ3n) is 16.8. The second-order valence-electron chi connectivity index (χ2n) is 20.6. The summed E-state index contributed by atoms with van der Waals surface area (Å²) in [4.78, 5) is 0. The van der Waals surface area contributed by atoms with Gasteiger partial charge in [-0.2, -0.15) is 0 Å². The highest BCUT2D eigenvalue weighted by Gasteiger charge is 2.52. The zero-order valence-corrected chi connectivity index (χ0v) is 42.6. The summed E-state index contributed by atoms with van der Waals surface area (Å²) in [6, 6.07) is 73.5. The Labute approximate surface area is 419 Å². The molecule has 0 amide bonds. The van der Waals surface area contributed by atoms with Crippen LogP contribution in [0.5, 0.6) is 0 Å². The zero-order valence-electron chi connectivity index (χ0n) is 42.6. The van der Waals surface area contributed by atoms with Crippen LogP contribution in [0.1, 0.15) is 130 Å². The highest BCUT2D eigenvalue weighted by Crippen LogP contribution is 2.64. The molecule has 0 heteroatoms. The number of rotatable bonds is 16. The lowest BCUT2D eigenvalue weighted by atomic mass is 9.68. The lowest BCUT2D eigenvalue weighted by Gasteiger charge is -2.35. The van der Waals surface area contributed by atoms with E-state index in [1.54, 1.807) is 0 Å². The summed E-state index contributed by atoms with van der Waals surface area (Å²) < 4.78 is 0. The van der Waals surface area contributed by atoms with Crippen molar-refractivity contribution in [2.24, 2.45) is 17.8 Å². The van der Waals surface area contributed by atoms with Gasteiger partial charge in [0.25, 0.3) is 0 Å². The zero-order chi connectivity index (χ0) is 48.4. The molecule has 0 aliphatic heterocycles. The Hall–Kier alpha value is -6.76. The van der Waals surface area contributed by atoms with Gasteiger partial charge >= 0.3 is 0 Å². The fourth-order valence-electron chi connectivity index (χ4n) is 12.8. The van der Waals surface area contributed by atoms with Crippen molar-refractivity contribution in [1.82, 2.24) is 0 Å². The average Bonchev–Trinajstić information content (AvgIpc) is 3.88. The molecular formula is C70H70. The molecule has 0 heterocycles. The molecule has 0 saturated heterocycles. The van der Waals surface area contributed by atoms with Crippen molar-refractivity contribution in [3.8, 4) is 44.5 Å². The van der Waals surface area contributed by atoms with Crippen LogP contribution in [0.25, 0.3) is 55.7 Å². The van der Waals surface area contributed by atoms with Crippen LogP contribution in [0.15, 0.2) is 206 Å². The van der Waals surface area contributed by atoms with E-state index in [0.717, 1.165) is 38.5 Å². The average molecular weight is 911 g/mol. The molecule has 350 valence electrons. The van der Waals surface area contributed by atoms with Crippen LogP contribution in [0.4, 0.5) is 0 Å². The predicted molar refractivity (Wildman–Crippen MR) is 301 cm³/mol. The first-order valence-electron chi connectivity index (χ1n) is 26.4. The summed E-state index contributed by atoms with van der Waals surface area (Å²) in [5.41, 5.74) is 25.9. The number of hydrogen-bond acceptors (Lipinski definition) is 0. The lowest BCUT2D eigenvalue weighted by molar-refractivity contribution is 0.228. The van der Waals surface area contributed by atoms with Crippen molar-refractivity contribution in [2.45, 2.75) is 98.3 Å². The van der Waals surface area contributed by atoms with Gasteiger partial charge in [0.1, 0.15) is 0 Å². The monoisotopic (exact) mass is 911 g/mol. The molecule has 2 aliphatic carbocycles. The quantitative estimate of drug-likeness (QED) is 0.0906. The molecule has 70 heavy (non-hydrogen) atoms. The summed E-state index contributed by atoms with van der Waals surface area (Å²) in [5.74, 6) is 1.71. The highest BCUT2D eigenvalue weighted by atomic mass is 14.5. The minimum absolute atomic E-state index is 0.342. The lowest BCUT2D eigenvalue weighted by Crippen LogP contribution is -2.26. The molecule has 8 aromatic rings. The van der Waals surface area contributed by atoms with Crippen molar-refractivity contribution in [1.29, 1.82) is 0 Å². The molecule has 1 spiro atoms. The van der Waals surface area contributed by atoms with Gasteiger partial charge < -0.3 is 0 Å². The van der Waals surface area contributed by atoms with E-state index in [1.807, 2.05) is 0 Å². The Balaban J connectivity index is 1.11. The van der Waals surface area contributed by atoms with Gasteiger partial charge in [-0.05, 0) is 189 Å². The number of hydrogen-bond donors (Lipinski definition) is 0. The molecule has 0 aromatic heterocycles. The van der Waals surface area contributed by atoms with Crippen molar-refractivity contribution < 1.29 is 0 Å². The summed E-state index contributed by atoms with van der Waals surface area (Å²) in [7, 11) is 0. The van der Waals surface area contributed by atoms with E-state index in [-0.39, 0.29) is 5.41 Å². The van der Waals surface area contributed by atoms with E-state index in [1.165, 1.54) is 106 Å². The van der Waals surface area contributed by atoms with Gasteiger partial charge in [0.05, 0.1) is 5.41 Å². The molecule has 0 radical (unpaired) electrons. The summed E-state index contributed by atoms with van der Waals surface area (Å²) in [5, 5.41) is 0. The maximum atomic E-state index is 2.73. The molecule has 0 bridgehead atoms. The Morgan fingerprint density at radius 1 is 0.500 bits per heavy atom. The van der Waals surface area contributed by atoms with Gasteiger partial charge in [-0.1, -0.05) is 227 Å². The van der Waals surface area contributed by atoms with Crippen LogP contribution in [-0.4, -0.2) is 0 Å². The highest BCUT2D eigenvalue weighted by molar-refractivity contribution is 5.96. The third-order valence-corrected chi connectivity index (χ3v) is 16.8. The van der Waals surface area contributed by atoms with E-state index in [0.29, 0.717) is 23.7 Å². The van der Waals surface area contributed by atoms with Gasteiger partial charge in [-0.3, -0.25) is 0 Å². The van der Waals surface area contributed by atoms with Gasteiger partial charge in [-0.25, -0.2) is 0 Å². The van der Waals surface area contributed by atoms with Crippen LogP contribution in [0.3, 0.4) is 0 Å². The Morgan fingerprint density at radius 2 is 1.03 bits per heavy atom. The van der Waals surface area contributed by atoms with Crippen molar-refractivity contribution >= 4 is 11.1 Å². The Morgan fingerprint density at radius 3 is 1.60 bits per heavy atom. The van der Waals surface area contributed by atoms with E-state index in [9.17, 15) is 0 Å². The van der Waals surface area contributed by atoms with Crippen LogP contribution in [0.2, 0.25) is 0 Å². The van der Waals surface area contributed by atoms with E-state index in [4.69, 9.17) is 0 Å². The Kier molecular flexibility index (Phi) is 13.6. The molecule has 0 fully saturated rings. The van der Waals surface area contributed by atoms with Crippen LogP contribution < -0.4 is 0 Å². The first-order chi connectivity index (χ1) is 34.3. The fourth-order valence-corrected chi connectivity index (χ4v) is 12.8. The van der Waals surface area contributed by atoms with Crippen molar-refractivity contribution in [3.63, 3.8) is 0 Å². The van der Waals surface area contributed by atoms with Crippen LogP contribution in [-0.2, 0) is 5.41 Å². The summed E-state index contributed by atoms with van der Waals surface area (Å²) in [6.07, 6.45) is 9.26. The summed E-state index contributed by atoms with van der Waals surface area (Å²) in [6.45, 7) is 16.8. The number of benzene rings is 8. The predicted octanol–water partition coefficient (Wildman–Crippen LogP) is 19.6. The van der Waals surface area contributed by atoms with E-state index < -0.39 is 0 Å². The SMILES string of the molecule is CCC(C)=C(CCC(C)C(CC(CC)c1cc2c(cc1-c1ccccc1C)-c1ccccc1C21c2ccccc2-c2ccccc21)C(/C=C(\C)c1ccc(-c2ccccc2)cc1)CC)c1ccccc1. The second-order valence-corrected chi connectivity index (χ2v) is 20.6. The maximum absolute atomic E-state index is 2.73. The number of aryl methyl sites for hydroxylation is 1. The molecule has 4 unspecified atom stereocenters. The Bertz CT molecular complexity index is 3130.